The van der Waals surface area contributed by atoms with Gasteiger partial charge in [-0.3, -0.25) is 0 Å². The Morgan fingerprint density at radius 3 is 2.29 bits per heavy atom. The zero-order valence-electron chi connectivity index (χ0n) is 16.8. The fourth-order valence-electron chi connectivity index (χ4n) is 2.81. The summed E-state index contributed by atoms with van der Waals surface area (Å²) in [6, 6.07) is 10.1. The molecule has 0 aliphatic carbocycles. The number of rotatable bonds is 10. The van der Waals surface area contributed by atoms with Crippen molar-refractivity contribution >= 4 is 5.97 Å². The molecule has 5 heteroatoms. The monoisotopic (exact) mass is 390 g/mol. The van der Waals surface area contributed by atoms with Gasteiger partial charge in [0.05, 0.1) is 6.61 Å². The Balaban J connectivity index is 1.91. The van der Waals surface area contributed by atoms with Crippen molar-refractivity contribution < 1.29 is 23.0 Å². The van der Waals surface area contributed by atoms with Gasteiger partial charge in [0, 0.05) is 11.6 Å². The molecule has 2 aromatic carbocycles. The minimum absolute atomic E-state index is 0.301. The van der Waals surface area contributed by atoms with Crippen LogP contribution in [0, 0.1) is 11.6 Å². The molecule has 152 valence electrons. The SMILES string of the molecule is CCCCCCCOC(=O)C(C)(C)Oc1ccc(-c2ccc(F)cc2F)cc1. The van der Waals surface area contributed by atoms with Crippen LogP contribution in [0.15, 0.2) is 42.5 Å². The first kappa shape index (κ1) is 21.9. The maximum Gasteiger partial charge on any atom is 0.349 e. The first-order chi connectivity index (χ1) is 13.3. The van der Waals surface area contributed by atoms with E-state index in [0.717, 1.165) is 25.3 Å². The molecule has 3 nitrogen and oxygen atoms in total. The van der Waals surface area contributed by atoms with Crippen LogP contribution in [-0.2, 0) is 9.53 Å². The molecular formula is C23H28F2O3. The van der Waals surface area contributed by atoms with Crippen molar-refractivity contribution in [3.05, 3.63) is 54.1 Å². The van der Waals surface area contributed by atoms with Crippen molar-refractivity contribution in [2.75, 3.05) is 6.61 Å². The fourth-order valence-corrected chi connectivity index (χ4v) is 2.81. The standard InChI is InChI=1S/C23H28F2O3/c1-4-5-6-7-8-15-27-22(26)23(2,3)28-19-12-9-17(10-13-19)20-14-11-18(24)16-21(20)25/h9-14,16H,4-8,15H2,1-3H3. The van der Waals surface area contributed by atoms with Crippen LogP contribution < -0.4 is 4.74 Å². The molecule has 0 amide bonds. The van der Waals surface area contributed by atoms with Gasteiger partial charge in [-0.05, 0) is 50.1 Å². The van der Waals surface area contributed by atoms with E-state index in [-0.39, 0.29) is 0 Å². The molecule has 0 radical (unpaired) electrons. The third kappa shape index (κ3) is 6.32. The molecule has 0 spiro atoms. The lowest BCUT2D eigenvalue weighted by molar-refractivity contribution is -0.159. The molecule has 0 aromatic heterocycles. The normalized spacial score (nSPS) is 11.3. The fraction of sp³-hybridized carbons (Fsp3) is 0.435. The van der Waals surface area contributed by atoms with E-state index in [1.807, 2.05) is 0 Å². The lowest BCUT2D eigenvalue weighted by Gasteiger charge is -2.24. The Bertz CT molecular complexity index is 770. The summed E-state index contributed by atoms with van der Waals surface area (Å²) in [6.07, 6.45) is 5.41. The molecule has 2 aromatic rings. The first-order valence-corrected chi connectivity index (χ1v) is 9.75. The third-order valence-corrected chi connectivity index (χ3v) is 4.44. The van der Waals surface area contributed by atoms with Crippen molar-refractivity contribution in [3.63, 3.8) is 0 Å². The van der Waals surface area contributed by atoms with Crippen LogP contribution in [0.1, 0.15) is 52.9 Å². The van der Waals surface area contributed by atoms with E-state index in [1.165, 1.54) is 25.0 Å². The minimum atomic E-state index is -1.13. The van der Waals surface area contributed by atoms with Crippen molar-refractivity contribution in [2.24, 2.45) is 0 Å². The molecule has 0 aliphatic rings. The lowest BCUT2D eigenvalue weighted by atomic mass is 10.0. The summed E-state index contributed by atoms with van der Waals surface area (Å²) >= 11 is 0. The van der Waals surface area contributed by atoms with Crippen molar-refractivity contribution in [2.45, 2.75) is 58.5 Å². The Labute approximate surface area is 165 Å². The molecule has 0 aliphatic heterocycles. The van der Waals surface area contributed by atoms with Gasteiger partial charge in [0.15, 0.2) is 5.60 Å². The smallest absolute Gasteiger partial charge is 0.349 e. The second-order valence-electron chi connectivity index (χ2n) is 7.31. The first-order valence-electron chi connectivity index (χ1n) is 9.75. The van der Waals surface area contributed by atoms with Crippen molar-refractivity contribution in [1.29, 1.82) is 0 Å². The molecule has 0 bridgehead atoms. The van der Waals surface area contributed by atoms with E-state index >= 15 is 0 Å². The second-order valence-corrected chi connectivity index (χ2v) is 7.31. The average molecular weight is 390 g/mol. The second kappa shape index (κ2) is 10.2. The van der Waals surface area contributed by atoms with Crippen LogP contribution in [0.2, 0.25) is 0 Å². The minimum Gasteiger partial charge on any atom is -0.476 e. The third-order valence-electron chi connectivity index (χ3n) is 4.44. The van der Waals surface area contributed by atoms with Crippen LogP contribution in [0.5, 0.6) is 5.75 Å². The van der Waals surface area contributed by atoms with Crippen LogP contribution >= 0.6 is 0 Å². The highest BCUT2D eigenvalue weighted by Gasteiger charge is 2.31. The maximum absolute atomic E-state index is 13.9. The van der Waals surface area contributed by atoms with E-state index in [2.05, 4.69) is 6.92 Å². The Hall–Kier alpha value is -2.43. The molecule has 0 saturated carbocycles. The molecule has 0 N–H and O–H groups in total. The van der Waals surface area contributed by atoms with E-state index in [9.17, 15) is 13.6 Å². The highest BCUT2D eigenvalue weighted by Crippen LogP contribution is 2.27. The zero-order chi connectivity index (χ0) is 20.6. The summed E-state index contributed by atoms with van der Waals surface area (Å²) in [7, 11) is 0. The summed E-state index contributed by atoms with van der Waals surface area (Å²) in [4.78, 5) is 12.3. The van der Waals surface area contributed by atoms with Gasteiger partial charge in [0.25, 0.3) is 0 Å². The summed E-state index contributed by atoms with van der Waals surface area (Å²) in [5.74, 6) is -1.20. The number of esters is 1. The molecule has 2 rings (SSSR count). The van der Waals surface area contributed by atoms with Crippen LogP contribution in [0.4, 0.5) is 8.78 Å². The molecular weight excluding hydrogens is 362 g/mol. The number of carbonyl (C=O) groups is 1. The Morgan fingerprint density at radius 1 is 0.964 bits per heavy atom. The molecule has 0 heterocycles. The highest BCUT2D eigenvalue weighted by molar-refractivity contribution is 5.79. The van der Waals surface area contributed by atoms with Gasteiger partial charge in [-0.25, -0.2) is 13.6 Å². The summed E-state index contributed by atoms with van der Waals surface area (Å²) < 4.78 is 38.0. The van der Waals surface area contributed by atoms with Crippen LogP contribution in [0.25, 0.3) is 11.1 Å². The number of hydrogen-bond acceptors (Lipinski definition) is 3. The van der Waals surface area contributed by atoms with Gasteiger partial charge in [0.2, 0.25) is 0 Å². The van der Waals surface area contributed by atoms with Gasteiger partial charge in [-0.15, -0.1) is 0 Å². The van der Waals surface area contributed by atoms with Gasteiger partial charge in [-0.2, -0.15) is 0 Å². The summed E-state index contributed by atoms with van der Waals surface area (Å²) in [5, 5.41) is 0. The van der Waals surface area contributed by atoms with Crippen molar-refractivity contribution in [3.8, 4) is 16.9 Å². The number of hydrogen-bond donors (Lipinski definition) is 0. The van der Waals surface area contributed by atoms with E-state index in [4.69, 9.17) is 9.47 Å². The van der Waals surface area contributed by atoms with Gasteiger partial charge < -0.3 is 9.47 Å². The van der Waals surface area contributed by atoms with Crippen LogP contribution in [0.3, 0.4) is 0 Å². The maximum atomic E-state index is 13.9. The highest BCUT2D eigenvalue weighted by atomic mass is 19.1. The van der Waals surface area contributed by atoms with Crippen LogP contribution in [-0.4, -0.2) is 18.2 Å². The molecule has 28 heavy (non-hydrogen) atoms. The van der Waals surface area contributed by atoms with E-state index < -0.39 is 23.2 Å². The Morgan fingerprint density at radius 2 is 1.64 bits per heavy atom. The van der Waals surface area contributed by atoms with E-state index in [0.29, 0.717) is 23.5 Å². The number of benzene rings is 2. The largest absolute Gasteiger partial charge is 0.476 e. The molecule has 0 unspecified atom stereocenters. The number of halogens is 2. The van der Waals surface area contributed by atoms with Gasteiger partial charge >= 0.3 is 5.97 Å². The molecule has 0 fully saturated rings. The topological polar surface area (TPSA) is 35.5 Å². The van der Waals surface area contributed by atoms with Crippen molar-refractivity contribution in [1.82, 2.24) is 0 Å². The predicted octanol–water partition coefficient (Wildman–Crippen LogP) is 6.30. The number of unbranched alkanes of at least 4 members (excludes halogenated alkanes) is 4. The Kier molecular flexibility index (Phi) is 7.97. The lowest BCUT2D eigenvalue weighted by Crippen LogP contribution is -2.39. The van der Waals surface area contributed by atoms with Gasteiger partial charge in [-0.1, -0.05) is 44.7 Å². The summed E-state index contributed by atoms with van der Waals surface area (Å²) in [5.41, 5.74) is -0.238. The average Bonchev–Trinajstić information content (AvgIpc) is 2.65. The number of ether oxygens (including phenoxy) is 2. The van der Waals surface area contributed by atoms with Gasteiger partial charge in [0.1, 0.15) is 17.4 Å². The molecule has 0 saturated heterocycles. The van der Waals surface area contributed by atoms with E-state index in [1.54, 1.807) is 38.1 Å². The number of carbonyl (C=O) groups excluding carboxylic acids is 1. The predicted molar refractivity (Wildman–Crippen MR) is 106 cm³/mol. The summed E-state index contributed by atoms with van der Waals surface area (Å²) in [6.45, 7) is 5.85. The quantitative estimate of drug-likeness (QED) is 0.353. The zero-order valence-corrected chi connectivity index (χ0v) is 16.8. The molecule has 0 atom stereocenters.